The molecule has 57 heavy (non-hydrogen) atoms. The van der Waals surface area contributed by atoms with E-state index in [4.69, 9.17) is 14.2 Å². The Kier molecular flexibility index (Phi) is 43.5. The molecule has 0 heterocycles. The minimum Gasteiger partial charge on any atom is -0.462 e. The van der Waals surface area contributed by atoms with Gasteiger partial charge in [0.15, 0.2) is 6.10 Å². The average Bonchev–Trinajstić information content (AvgIpc) is 3.21. The van der Waals surface area contributed by atoms with Gasteiger partial charge in [0.1, 0.15) is 13.2 Å². The number of esters is 3. The molecule has 0 aromatic rings. The number of rotatable bonds is 42. The fraction of sp³-hybridized carbons (Fsp3) is 0.745. The topological polar surface area (TPSA) is 78.9 Å². The Morgan fingerprint density at radius 2 is 0.702 bits per heavy atom. The fourth-order valence-electron chi connectivity index (χ4n) is 6.37. The lowest BCUT2D eigenvalue weighted by atomic mass is 10.1. The number of hydrogen-bond acceptors (Lipinski definition) is 6. The highest BCUT2D eigenvalue weighted by molar-refractivity contribution is 5.71. The summed E-state index contributed by atoms with van der Waals surface area (Å²) in [6, 6.07) is 0. The quantitative estimate of drug-likeness (QED) is 0.0265. The highest BCUT2D eigenvalue weighted by Gasteiger charge is 2.19. The smallest absolute Gasteiger partial charge is 0.306 e. The maximum atomic E-state index is 12.7. The van der Waals surface area contributed by atoms with Crippen molar-refractivity contribution in [1.82, 2.24) is 0 Å². The van der Waals surface area contributed by atoms with E-state index < -0.39 is 6.10 Å². The second kappa shape index (κ2) is 45.8. The molecular formula is C51H88O6. The summed E-state index contributed by atoms with van der Waals surface area (Å²) in [5.41, 5.74) is 0. The largest absolute Gasteiger partial charge is 0.462 e. The second-order valence-electron chi connectivity index (χ2n) is 15.6. The minimum atomic E-state index is -0.797. The molecule has 6 heteroatoms. The van der Waals surface area contributed by atoms with E-state index in [0.29, 0.717) is 19.3 Å². The molecule has 0 spiro atoms. The first-order chi connectivity index (χ1) is 28.0. The van der Waals surface area contributed by atoms with Gasteiger partial charge in [-0.1, -0.05) is 171 Å². The summed E-state index contributed by atoms with van der Waals surface area (Å²) in [5.74, 6) is -0.956. The average molecular weight is 797 g/mol. The van der Waals surface area contributed by atoms with E-state index in [2.05, 4.69) is 81.5 Å². The lowest BCUT2D eigenvalue weighted by molar-refractivity contribution is -0.167. The zero-order valence-electron chi connectivity index (χ0n) is 37.3. The fourth-order valence-corrected chi connectivity index (χ4v) is 6.37. The lowest BCUT2D eigenvalue weighted by Gasteiger charge is -2.18. The van der Waals surface area contributed by atoms with Crippen LogP contribution in [-0.2, 0) is 28.6 Å². The summed E-state index contributed by atoms with van der Waals surface area (Å²) < 4.78 is 16.7. The summed E-state index contributed by atoms with van der Waals surface area (Å²) in [5, 5.41) is 0. The van der Waals surface area contributed by atoms with Gasteiger partial charge in [0.25, 0.3) is 0 Å². The first kappa shape index (κ1) is 54.1. The molecule has 0 aliphatic heterocycles. The van der Waals surface area contributed by atoms with Crippen molar-refractivity contribution in [2.45, 2.75) is 232 Å². The number of unbranched alkanes of at least 4 members (excludes halogenated alkanes) is 21. The van der Waals surface area contributed by atoms with Gasteiger partial charge < -0.3 is 14.2 Å². The molecule has 6 nitrogen and oxygen atoms in total. The molecule has 1 unspecified atom stereocenters. The van der Waals surface area contributed by atoms with Crippen molar-refractivity contribution < 1.29 is 28.6 Å². The molecule has 328 valence electrons. The summed E-state index contributed by atoms with van der Waals surface area (Å²) in [4.78, 5) is 37.7. The third-order valence-corrected chi connectivity index (χ3v) is 9.98. The highest BCUT2D eigenvalue weighted by atomic mass is 16.6. The third kappa shape index (κ3) is 44.1. The van der Waals surface area contributed by atoms with E-state index in [0.717, 1.165) is 89.9 Å². The van der Waals surface area contributed by atoms with Gasteiger partial charge in [0.05, 0.1) is 0 Å². The molecule has 0 rings (SSSR count). The predicted molar refractivity (Wildman–Crippen MR) is 242 cm³/mol. The zero-order chi connectivity index (χ0) is 41.5. The molecular weight excluding hydrogens is 709 g/mol. The summed E-state index contributed by atoms with van der Waals surface area (Å²) >= 11 is 0. The Morgan fingerprint density at radius 3 is 1.18 bits per heavy atom. The van der Waals surface area contributed by atoms with Crippen molar-refractivity contribution in [3.05, 3.63) is 60.8 Å². The van der Waals surface area contributed by atoms with E-state index in [9.17, 15) is 14.4 Å². The van der Waals surface area contributed by atoms with Crippen molar-refractivity contribution in [2.24, 2.45) is 0 Å². The van der Waals surface area contributed by atoms with Gasteiger partial charge in [0.2, 0.25) is 0 Å². The molecule has 0 amide bonds. The van der Waals surface area contributed by atoms with E-state index in [-0.39, 0.29) is 37.5 Å². The lowest BCUT2D eigenvalue weighted by Crippen LogP contribution is -2.30. The van der Waals surface area contributed by atoms with Crippen molar-refractivity contribution >= 4 is 17.9 Å². The van der Waals surface area contributed by atoms with E-state index in [1.165, 1.54) is 89.9 Å². The zero-order valence-corrected chi connectivity index (χ0v) is 37.3. The molecule has 0 aromatic heterocycles. The van der Waals surface area contributed by atoms with Crippen LogP contribution < -0.4 is 0 Å². The van der Waals surface area contributed by atoms with Crippen LogP contribution in [0.2, 0.25) is 0 Å². The Labute approximate surface area is 351 Å². The highest BCUT2D eigenvalue weighted by Crippen LogP contribution is 2.13. The van der Waals surface area contributed by atoms with Crippen LogP contribution in [0.25, 0.3) is 0 Å². The van der Waals surface area contributed by atoms with Crippen molar-refractivity contribution in [2.75, 3.05) is 13.2 Å². The van der Waals surface area contributed by atoms with Crippen LogP contribution in [0.1, 0.15) is 226 Å². The first-order valence-electron chi connectivity index (χ1n) is 23.8. The Balaban J connectivity index is 4.39. The van der Waals surface area contributed by atoms with Crippen LogP contribution in [0.4, 0.5) is 0 Å². The van der Waals surface area contributed by atoms with Gasteiger partial charge in [-0.3, -0.25) is 14.4 Å². The van der Waals surface area contributed by atoms with Crippen LogP contribution in [0, 0.1) is 0 Å². The Morgan fingerprint density at radius 1 is 0.368 bits per heavy atom. The van der Waals surface area contributed by atoms with Crippen molar-refractivity contribution in [1.29, 1.82) is 0 Å². The minimum absolute atomic E-state index is 0.0957. The van der Waals surface area contributed by atoms with Gasteiger partial charge in [-0.05, 0) is 96.3 Å². The van der Waals surface area contributed by atoms with Crippen LogP contribution in [0.3, 0.4) is 0 Å². The van der Waals surface area contributed by atoms with Gasteiger partial charge in [-0.2, -0.15) is 0 Å². The second-order valence-corrected chi connectivity index (χ2v) is 15.6. The molecule has 0 aliphatic rings. The van der Waals surface area contributed by atoms with Crippen molar-refractivity contribution in [3.63, 3.8) is 0 Å². The molecule has 0 bridgehead atoms. The van der Waals surface area contributed by atoms with Gasteiger partial charge in [0, 0.05) is 19.3 Å². The molecule has 0 saturated carbocycles. The molecule has 0 aliphatic carbocycles. The van der Waals surface area contributed by atoms with Gasteiger partial charge >= 0.3 is 17.9 Å². The maximum absolute atomic E-state index is 12.7. The van der Waals surface area contributed by atoms with Gasteiger partial charge in [-0.25, -0.2) is 0 Å². The number of carbonyl (C=O) groups excluding carboxylic acids is 3. The summed E-state index contributed by atoms with van der Waals surface area (Å²) in [7, 11) is 0. The normalized spacial score (nSPS) is 12.5. The molecule has 0 saturated heterocycles. The van der Waals surface area contributed by atoms with E-state index in [1.807, 2.05) is 0 Å². The van der Waals surface area contributed by atoms with Gasteiger partial charge in [-0.15, -0.1) is 0 Å². The van der Waals surface area contributed by atoms with Crippen LogP contribution >= 0.6 is 0 Å². The SMILES string of the molecule is CC/C=C\C/C=C\C/C=C\CCCCC(=O)OC(COC(=O)CCCCCC/C=C\CCCC)COC(=O)CCCCCCCCC/C=C\CCCCCCCC. The molecule has 1 atom stereocenters. The first-order valence-corrected chi connectivity index (χ1v) is 23.8. The maximum Gasteiger partial charge on any atom is 0.306 e. The van der Waals surface area contributed by atoms with E-state index in [1.54, 1.807) is 0 Å². The monoisotopic (exact) mass is 797 g/mol. The Bertz CT molecular complexity index is 1050. The van der Waals surface area contributed by atoms with Crippen LogP contribution in [0.5, 0.6) is 0 Å². The summed E-state index contributed by atoms with van der Waals surface area (Å²) in [6.07, 6.45) is 55.0. The van der Waals surface area contributed by atoms with Crippen molar-refractivity contribution in [3.8, 4) is 0 Å². The van der Waals surface area contributed by atoms with Crippen LogP contribution in [-0.4, -0.2) is 37.2 Å². The number of allylic oxidation sites excluding steroid dienone is 10. The predicted octanol–water partition coefficient (Wildman–Crippen LogP) is 15.3. The Hall–Kier alpha value is -2.89. The third-order valence-electron chi connectivity index (χ3n) is 9.98. The molecule has 0 N–H and O–H groups in total. The number of ether oxygens (including phenoxy) is 3. The molecule has 0 fully saturated rings. The number of hydrogen-bond donors (Lipinski definition) is 0. The summed E-state index contributed by atoms with van der Waals surface area (Å²) in [6.45, 7) is 6.42. The molecule has 0 radical (unpaired) electrons. The number of carbonyl (C=O) groups is 3. The molecule has 0 aromatic carbocycles. The van der Waals surface area contributed by atoms with Crippen LogP contribution in [0.15, 0.2) is 60.8 Å². The standard InChI is InChI=1S/C51H88O6/c1-4-7-10-13-16-19-22-24-25-26-27-28-30-32-35-38-41-44-50(53)56-47-48(46-55-49(52)43-40-37-34-31-21-18-15-12-9-6-3)57-51(54)45-42-39-36-33-29-23-20-17-14-11-8-5-2/h8,11,15,17-18,20,24-25,29,33,48H,4-7,9-10,12-14,16,19,21-23,26-28,30-32,34-47H2,1-3H3/b11-8-,18-15-,20-17-,25-24-,33-29-. The van der Waals surface area contributed by atoms with E-state index >= 15 is 0 Å².